The van der Waals surface area contributed by atoms with E-state index in [-0.39, 0.29) is 12.4 Å². The molecular formula is C21H19F2NO6. The summed E-state index contributed by atoms with van der Waals surface area (Å²) in [5, 5.41) is 2.27. The molecule has 0 saturated heterocycles. The number of nitrogens with one attached hydrogen (secondary N) is 1. The molecule has 1 atom stereocenters. The smallest absolute Gasteiger partial charge is 0.329 e. The zero-order valence-electron chi connectivity index (χ0n) is 16.2. The zero-order valence-corrected chi connectivity index (χ0v) is 16.2. The molecule has 158 valence electrons. The van der Waals surface area contributed by atoms with Gasteiger partial charge in [-0.1, -0.05) is 19.9 Å². The van der Waals surface area contributed by atoms with Crippen LogP contribution < -0.4 is 14.8 Å². The fourth-order valence-corrected chi connectivity index (χ4v) is 2.81. The van der Waals surface area contributed by atoms with Crippen LogP contribution in [0.1, 0.15) is 34.6 Å². The van der Waals surface area contributed by atoms with Crippen LogP contribution in [0.3, 0.4) is 0 Å². The Labute approximate surface area is 170 Å². The Hall–Kier alpha value is -3.49. The van der Waals surface area contributed by atoms with Crippen molar-refractivity contribution in [1.82, 2.24) is 5.32 Å². The highest BCUT2D eigenvalue weighted by Crippen LogP contribution is 2.32. The molecule has 1 aliphatic rings. The number of benzene rings is 2. The number of carbonyl (C=O) groups excluding carboxylic acids is 3. The van der Waals surface area contributed by atoms with Gasteiger partial charge in [-0.3, -0.25) is 9.59 Å². The summed E-state index contributed by atoms with van der Waals surface area (Å²) in [6.07, 6.45) is 0. The van der Waals surface area contributed by atoms with Crippen LogP contribution in [-0.2, 0) is 9.53 Å². The summed E-state index contributed by atoms with van der Waals surface area (Å²) in [4.78, 5) is 37.0. The van der Waals surface area contributed by atoms with Gasteiger partial charge in [0.2, 0.25) is 6.79 Å². The van der Waals surface area contributed by atoms with Gasteiger partial charge in [-0.2, -0.15) is 0 Å². The normalized spacial score (nSPS) is 13.1. The average Bonchev–Trinajstić information content (AvgIpc) is 3.17. The molecule has 0 spiro atoms. The lowest BCUT2D eigenvalue weighted by Crippen LogP contribution is -2.46. The Balaban J connectivity index is 1.64. The standard InChI is InChI=1S/C21H19F2NO6/c1-11(2)19(24-20(26)18-13(22)4-3-5-14(18)23)21(27)28-9-15(25)12-6-7-16-17(8-12)30-10-29-16/h3-8,11,19H,9-10H2,1-2H3,(H,24,26)/t19-/m0/s1. The number of fused-ring (bicyclic) bond motifs is 1. The number of hydrogen-bond donors (Lipinski definition) is 1. The van der Waals surface area contributed by atoms with E-state index in [2.05, 4.69) is 5.32 Å². The highest BCUT2D eigenvalue weighted by Gasteiger charge is 2.29. The minimum Gasteiger partial charge on any atom is -0.456 e. The molecule has 0 saturated carbocycles. The summed E-state index contributed by atoms with van der Waals surface area (Å²) in [5.41, 5.74) is -0.544. The third-order valence-corrected chi connectivity index (χ3v) is 4.44. The SMILES string of the molecule is CC(C)[C@H](NC(=O)c1c(F)cccc1F)C(=O)OCC(=O)c1ccc2c(c1)OCO2. The van der Waals surface area contributed by atoms with Crippen LogP contribution in [0.15, 0.2) is 36.4 Å². The third kappa shape index (κ3) is 4.56. The summed E-state index contributed by atoms with van der Waals surface area (Å²) in [5.74, 6) is -4.14. The first-order valence-electron chi connectivity index (χ1n) is 9.12. The van der Waals surface area contributed by atoms with Gasteiger partial charge >= 0.3 is 5.97 Å². The van der Waals surface area contributed by atoms with E-state index in [1.165, 1.54) is 12.1 Å². The quantitative estimate of drug-likeness (QED) is 0.548. The van der Waals surface area contributed by atoms with Gasteiger partial charge in [0, 0.05) is 5.56 Å². The molecule has 1 amide bonds. The largest absolute Gasteiger partial charge is 0.456 e. The highest BCUT2D eigenvalue weighted by atomic mass is 19.1. The molecule has 1 aliphatic heterocycles. The van der Waals surface area contributed by atoms with Crippen molar-refractivity contribution in [3.05, 3.63) is 59.2 Å². The number of ketones is 1. The van der Waals surface area contributed by atoms with Crippen molar-refractivity contribution in [2.75, 3.05) is 13.4 Å². The van der Waals surface area contributed by atoms with Crippen molar-refractivity contribution in [2.45, 2.75) is 19.9 Å². The fraction of sp³-hybridized carbons (Fsp3) is 0.286. The molecule has 0 aliphatic carbocycles. The van der Waals surface area contributed by atoms with Crippen molar-refractivity contribution in [3.63, 3.8) is 0 Å². The first-order chi connectivity index (χ1) is 14.3. The van der Waals surface area contributed by atoms with Crippen LogP contribution >= 0.6 is 0 Å². The van der Waals surface area contributed by atoms with Gasteiger partial charge < -0.3 is 19.5 Å². The molecule has 0 fully saturated rings. The van der Waals surface area contributed by atoms with Crippen LogP contribution in [0.25, 0.3) is 0 Å². The van der Waals surface area contributed by atoms with Gasteiger partial charge in [0.1, 0.15) is 23.2 Å². The molecule has 0 radical (unpaired) electrons. The maximum absolute atomic E-state index is 13.8. The molecule has 3 rings (SSSR count). The molecule has 30 heavy (non-hydrogen) atoms. The average molecular weight is 419 g/mol. The van der Waals surface area contributed by atoms with E-state index >= 15 is 0 Å². The molecular weight excluding hydrogens is 400 g/mol. The first-order valence-corrected chi connectivity index (χ1v) is 9.12. The van der Waals surface area contributed by atoms with Crippen molar-refractivity contribution in [2.24, 2.45) is 5.92 Å². The van der Waals surface area contributed by atoms with Gasteiger partial charge in [-0.15, -0.1) is 0 Å². The number of Topliss-reactive ketones (excluding diaryl/α,β-unsaturated/α-hetero) is 1. The Morgan fingerprint density at radius 2 is 1.73 bits per heavy atom. The Morgan fingerprint density at radius 3 is 2.40 bits per heavy atom. The Bertz CT molecular complexity index is 971. The minimum atomic E-state index is -1.21. The second-order valence-electron chi connectivity index (χ2n) is 6.89. The van der Waals surface area contributed by atoms with Crippen LogP contribution in [0.4, 0.5) is 8.78 Å². The maximum atomic E-state index is 13.8. The van der Waals surface area contributed by atoms with E-state index in [0.717, 1.165) is 18.2 Å². The number of ether oxygens (including phenoxy) is 3. The molecule has 1 heterocycles. The van der Waals surface area contributed by atoms with E-state index < -0.39 is 53.4 Å². The predicted octanol–water partition coefficient (Wildman–Crippen LogP) is 2.87. The van der Waals surface area contributed by atoms with E-state index in [4.69, 9.17) is 14.2 Å². The molecule has 0 bridgehead atoms. The topological polar surface area (TPSA) is 90.9 Å². The second-order valence-corrected chi connectivity index (χ2v) is 6.89. The summed E-state index contributed by atoms with van der Waals surface area (Å²) in [7, 11) is 0. The second kappa shape index (κ2) is 8.89. The fourth-order valence-electron chi connectivity index (χ4n) is 2.81. The maximum Gasteiger partial charge on any atom is 0.329 e. The van der Waals surface area contributed by atoms with E-state index in [1.807, 2.05) is 0 Å². The van der Waals surface area contributed by atoms with Crippen LogP contribution in [-0.4, -0.2) is 37.1 Å². The van der Waals surface area contributed by atoms with Crippen LogP contribution in [0, 0.1) is 17.6 Å². The lowest BCUT2D eigenvalue weighted by Gasteiger charge is -2.21. The predicted molar refractivity (Wildman–Crippen MR) is 100 cm³/mol. The van der Waals surface area contributed by atoms with Crippen LogP contribution in [0.5, 0.6) is 11.5 Å². The number of esters is 1. The van der Waals surface area contributed by atoms with E-state index in [0.29, 0.717) is 11.5 Å². The Kier molecular flexibility index (Phi) is 6.29. The highest BCUT2D eigenvalue weighted by molar-refractivity contribution is 6.00. The summed E-state index contributed by atoms with van der Waals surface area (Å²) in [6, 6.07) is 6.33. The van der Waals surface area contributed by atoms with Crippen molar-refractivity contribution < 1.29 is 37.4 Å². The summed E-state index contributed by atoms with van der Waals surface area (Å²) < 4.78 is 43.0. The number of carbonyl (C=O) groups is 3. The molecule has 1 N–H and O–H groups in total. The molecule has 2 aromatic rings. The first kappa shape index (κ1) is 21.2. The van der Waals surface area contributed by atoms with Gasteiger partial charge in [0.15, 0.2) is 23.9 Å². The molecule has 2 aromatic carbocycles. The zero-order chi connectivity index (χ0) is 21.8. The summed E-state index contributed by atoms with van der Waals surface area (Å²) in [6.45, 7) is 2.71. The van der Waals surface area contributed by atoms with E-state index in [1.54, 1.807) is 19.9 Å². The molecule has 0 unspecified atom stereocenters. The number of halogens is 2. The Morgan fingerprint density at radius 1 is 1.07 bits per heavy atom. The van der Waals surface area contributed by atoms with E-state index in [9.17, 15) is 23.2 Å². The monoisotopic (exact) mass is 419 g/mol. The van der Waals surface area contributed by atoms with Gasteiger partial charge in [-0.05, 0) is 36.2 Å². The van der Waals surface area contributed by atoms with Gasteiger partial charge in [-0.25, -0.2) is 13.6 Å². The number of hydrogen-bond acceptors (Lipinski definition) is 6. The lowest BCUT2D eigenvalue weighted by atomic mass is 10.0. The number of amides is 1. The third-order valence-electron chi connectivity index (χ3n) is 4.44. The van der Waals surface area contributed by atoms with Crippen LogP contribution in [0.2, 0.25) is 0 Å². The van der Waals surface area contributed by atoms with Crippen molar-refractivity contribution >= 4 is 17.7 Å². The molecule has 7 nitrogen and oxygen atoms in total. The lowest BCUT2D eigenvalue weighted by molar-refractivity contribution is -0.145. The molecule has 0 aromatic heterocycles. The van der Waals surface area contributed by atoms with Gasteiger partial charge in [0.25, 0.3) is 5.91 Å². The molecule has 9 heteroatoms. The van der Waals surface area contributed by atoms with Crippen molar-refractivity contribution in [1.29, 1.82) is 0 Å². The minimum absolute atomic E-state index is 0.0559. The van der Waals surface area contributed by atoms with Gasteiger partial charge in [0.05, 0.1) is 0 Å². The van der Waals surface area contributed by atoms with Crippen molar-refractivity contribution in [3.8, 4) is 11.5 Å². The summed E-state index contributed by atoms with van der Waals surface area (Å²) >= 11 is 0. The number of rotatable bonds is 7.